The highest BCUT2D eigenvalue weighted by Gasteiger charge is 2.30. The summed E-state index contributed by atoms with van der Waals surface area (Å²) >= 11 is 0. The molecular formula is C11H13NO2S. The lowest BCUT2D eigenvalue weighted by atomic mass is 10.1. The van der Waals surface area contributed by atoms with Crippen molar-refractivity contribution in [1.82, 2.24) is 5.32 Å². The first-order chi connectivity index (χ1) is 7.07. The Morgan fingerprint density at radius 3 is 2.67 bits per heavy atom. The van der Waals surface area contributed by atoms with Gasteiger partial charge in [-0.3, -0.25) is 0 Å². The van der Waals surface area contributed by atoms with Crippen LogP contribution in [0.1, 0.15) is 11.1 Å². The van der Waals surface area contributed by atoms with Gasteiger partial charge in [0.25, 0.3) is 0 Å². The maximum absolute atomic E-state index is 12.1. The number of fused-ring (bicyclic) bond motifs is 1. The summed E-state index contributed by atoms with van der Waals surface area (Å²) in [6, 6.07) is 5.54. The first-order valence-corrected chi connectivity index (χ1v) is 6.25. The second-order valence-electron chi connectivity index (χ2n) is 3.64. The van der Waals surface area contributed by atoms with Crippen molar-refractivity contribution >= 4 is 15.9 Å². The van der Waals surface area contributed by atoms with Gasteiger partial charge in [-0.2, -0.15) is 0 Å². The van der Waals surface area contributed by atoms with E-state index in [1.807, 2.05) is 25.1 Å². The van der Waals surface area contributed by atoms with Crippen LogP contribution in [0.5, 0.6) is 0 Å². The van der Waals surface area contributed by atoms with Gasteiger partial charge < -0.3 is 5.32 Å². The van der Waals surface area contributed by atoms with Crippen LogP contribution >= 0.6 is 0 Å². The van der Waals surface area contributed by atoms with Crippen molar-refractivity contribution in [3.63, 3.8) is 0 Å². The number of nitrogens with one attached hydrogen (secondary N) is 1. The molecule has 0 amide bonds. The molecule has 0 unspecified atom stereocenters. The van der Waals surface area contributed by atoms with Crippen molar-refractivity contribution in [3.05, 3.63) is 34.2 Å². The summed E-state index contributed by atoms with van der Waals surface area (Å²) in [5.74, 6) is 0. The second kappa shape index (κ2) is 3.47. The summed E-state index contributed by atoms with van der Waals surface area (Å²) in [5.41, 5.74) is 1.62. The number of likely N-dealkylation sites (N-methyl/N-ethyl adjacent to an activating group) is 1. The summed E-state index contributed by atoms with van der Waals surface area (Å²) in [5, 5.41) is 2.87. The van der Waals surface area contributed by atoms with Crippen molar-refractivity contribution in [2.24, 2.45) is 0 Å². The number of sulfone groups is 1. The smallest absolute Gasteiger partial charge is 0.204 e. The van der Waals surface area contributed by atoms with E-state index in [2.05, 4.69) is 5.32 Å². The van der Waals surface area contributed by atoms with E-state index in [0.717, 1.165) is 11.1 Å². The molecule has 0 saturated heterocycles. The van der Waals surface area contributed by atoms with E-state index in [9.17, 15) is 8.42 Å². The van der Waals surface area contributed by atoms with E-state index in [-0.39, 0.29) is 0 Å². The third-order valence-electron chi connectivity index (χ3n) is 2.52. The van der Waals surface area contributed by atoms with Gasteiger partial charge in [-0.15, -0.1) is 0 Å². The Morgan fingerprint density at radius 2 is 2.07 bits per heavy atom. The van der Waals surface area contributed by atoms with Gasteiger partial charge in [0, 0.05) is 6.54 Å². The third-order valence-corrected chi connectivity index (χ3v) is 4.57. The van der Waals surface area contributed by atoms with Gasteiger partial charge in [0.1, 0.15) is 0 Å². The molecule has 0 radical (unpaired) electrons. The molecule has 1 aliphatic heterocycles. The summed E-state index contributed by atoms with van der Waals surface area (Å²) in [4.78, 5) is 0.921. The minimum Gasteiger partial charge on any atom is -0.315 e. The number of aryl methyl sites for hydroxylation is 1. The zero-order valence-electron chi connectivity index (χ0n) is 8.74. The molecule has 15 heavy (non-hydrogen) atoms. The van der Waals surface area contributed by atoms with E-state index in [1.165, 1.54) is 0 Å². The lowest BCUT2D eigenvalue weighted by Gasteiger charge is -2.05. The number of benzene rings is 1. The fraction of sp³-hybridized carbons (Fsp3) is 0.273. The average Bonchev–Trinajstić information content (AvgIpc) is 2.40. The first kappa shape index (κ1) is 10.4. The van der Waals surface area contributed by atoms with E-state index >= 15 is 0 Å². The van der Waals surface area contributed by atoms with Gasteiger partial charge in [-0.25, -0.2) is 8.42 Å². The summed E-state index contributed by atoms with van der Waals surface area (Å²) in [6.45, 7) is 2.21. The largest absolute Gasteiger partial charge is 0.315 e. The molecule has 1 heterocycles. The van der Waals surface area contributed by atoms with Crippen LogP contribution in [0.3, 0.4) is 0 Å². The van der Waals surface area contributed by atoms with Gasteiger partial charge in [-0.05, 0) is 31.2 Å². The molecule has 1 aromatic carbocycles. The molecule has 1 aromatic rings. The van der Waals surface area contributed by atoms with Crippen LogP contribution in [0.2, 0.25) is 0 Å². The van der Waals surface area contributed by atoms with Gasteiger partial charge in [-0.1, -0.05) is 18.2 Å². The molecule has 1 N–H and O–H groups in total. The third kappa shape index (κ3) is 1.50. The molecule has 80 valence electrons. The summed E-state index contributed by atoms with van der Waals surface area (Å²) in [6.07, 6.45) is 1.74. The molecule has 4 heteroatoms. The van der Waals surface area contributed by atoms with E-state index in [0.29, 0.717) is 16.3 Å². The van der Waals surface area contributed by atoms with Crippen LogP contribution in [0, 0.1) is 6.92 Å². The Bertz CT molecular complexity index is 530. The zero-order chi connectivity index (χ0) is 11.1. The molecule has 0 aliphatic carbocycles. The monoisotopic (exact) mass is 223 g/mol. The normalized spacial score (nSPS) is 17.3. The van der Waals surface area contributed by atoms with Crippen LogP contribution in [0.4, 0.5) is 0 Å². The highest BCUT2D eigenvalue weighted by atomic mass is 32.2. The second-order valence-corrected chi connectivity index (χ2v) is 5.58. The molecule has 0 saturated carbocycles. The van der Waals surface area contributed by atoms with Gasteiger partial charge in [0.2, 0.25) is 9.84 Å². The Kier molecular flexibility index (Phi) is 2.40. The van der Waals surface area contributed by atoms with Crippen molar-refractivity contribution < 1.29 is 8.42 Å². The van der Waals surface area contributed by atoms with E-state index < -0.39 is 9.84 Å². The summed E-state index contributed by atoms with van der Waals surface area (Å²) < 4.78 is 24.2. The van der Waals surface area contributed by atoms with Crippen LogP contribution in [-0.4, -0.2) is 22.0 Å². The molecule has 0 bridgehead atoms. The Labute approximate surface area is 89.7 Å². The Morgan fingerprint density at radius 1 is 1.33 bits per heavy atom. The molecule has 0 aromatic heterocycles. The number of rotatable bonds is 2. The van der Waals surface area contributed by atoms with E-state index in [4.69, 9.17) is 0 Å². The molecule has 2 rings (SSSR count). The van der Waals surface area contributed by atoms with Gasteiger partial charge >= 0.3 is 0 Å². The van der Waals surface area contributed by atoms with Crippen LogP contribution < -0.4 is 5.32 Å². The molecule has 0 fully saturated rings. The molecule has 0 spiro atoms. The topological polar surface area (TPSA) is 46.2 Å². The fourth-order valence-electron chi connectivity index (χ4n) is 1.86. The summed E-state index contributed by atoms with van der Waals surface area (Å²) in [7, 11) is -1.50. The van der Waals surface area contributed by atoms with Gasteiger partial charge in [0.15, 0.2) is 0 Å². The predicted molar refractivity (Wildman–Crippen MR) is 60.3 cm³/mol. The lowest BCUT2D eigenvalue weighted by molar-refractivity contribution is 0.601. The predicted octanol–water partition coefficient (Wildman–Crippen LogP) is 1.34. The Balaban J connectivity index is 2.64. The van der Waals surface area contributed by atoms with Crippen LogP contribution in [-0.2, 0) is 9.84 Å². The molecule has 3 nitrogen and oxygen atoms in total. The van der Waals surface area contributed by atoms with Crippen molar-refractivity contribution in [1.29, 1.82) is 0 Å². The lowest BCUT2D eigenvalue weighted by Crippen LogP contribution is -2.15. The minimum atomic E-state index is -3.24. The van der Waals surface area contributed by atoms with Crippen molar-refractivity contribution in [2.75, 3.05) is 13.6 Å². The van der Waals surface area contributed by atoms with Crippen LogP contribution in [0.15, 0.2) is 28.0 Å². The maximum atomic E-state index is 12.1. The average molecular weight is 223 g/mol. The van der Waals surface area contributed by atoms with Gasteiger partial charge in [0.05, 0.1) is 9.80 Å². The molecule has 1 aliphatic rings. The number of hydrogen-bond acceptors (Lipinski definition) is 3. The van der Waals surface area contributed by atoms with Crippen molar-refractivity contribution in [3.8, 4) is 0 Å². The maximum Gasteiger partial charge on any atom is 0.204 e. The highest BCUT2D eigenvalue weighted by Crippen LogP contribution is 2.34. The van der Waals surface area contributed by atoms with E-state index in [1.54, 1.807) is 13.1 Å². The first-order valence-electron chi connectivity index (χ1n) is 4.77. The number of hydrogen-bond donors (Lipinski definition) is 1. The zero-order valence-corrected chi connectivity index (χ0v) is 9.56. The van der Waals surface area contributed by atoms with Crippen molar-refractivity contribution in [2.45, 2.75) is 11.8 Å². The Hall–Kier alpha value is -1.13. The minimum absolute atomic E-state index is 0.385. The van der Waals surface area contributed by atoms with Crippen LogP contribution in [0.25, 0.3) is 6.08 Å². The molecular weight excluding hydrogens is 210 g/mol. The standard InChI is InChI=1S/C11H13NO2S/c1-8-4-3-5-9-6-10(7-12-2)15(13,14)11(8)9/h3-6,12H,7H2,1-2H3. The fourth-order valence-corrected chi connectivity index (χ4v) is 3.67. The SMILES string of the molecule is CNCC1=Cc2cccc(C)c2S1(=O)=O. The molecule has 0 atom stereocenters. The quantitative estimate of drug-likeness (QED) is 0.823. The highest BCUT2D eigenvalue weighted by molar-refractivity contribution is 7.96.